The van der Waals surface area contributed by atoms with Crippen molar-refractivity contribution < 1.29 is 10.0 Å². The average molecular weight is 313 g/mol. The van der Waals surface area contributed by atoms with E-state index in [1.807, 2.05) is 11.8 Å². The zero-order chi connectivity index (χ0) is 15.3. The molecule has 0 atom stereocenters. The van der Waals surface area contributed by atoms with Gasteiger partial charge in [0.25, 0.3) is 0 Å². The van der Waals surface area contributed by atoms with Gasteiger partial charge in [-0.05, 0) is 61.9 Å². The zero-order valence-electron chi connectivity index (χ0n) is 12.8. The molecule has 5 nitrogen and oxygen atoms in total. The van der Waals surface area contributed by atoms with E-state index in [1.165, 1.54) is 0 Å². The van der Waals surface area contributed by atoms with E-state index >= 15 is 0 Å². The lowest BCUT2D eigenvalue weighted by molar-refractivity contribution is -0.123. The Bertz CT molecular complexity index is 386. The highest BCUT2D eigenvalue weighted by Crippen LogP contribution is 2.33. The van der Waals surface area contributed by atoms with Crippen molar-refractivity contribution in [2.24, 2.45) is 22.7 Å². The van der Waals surface area contributed by atoms with Crippen molar-refractivity contribution in [1.82, 2.24) is 5.32 Å². The van der Waals surface area contributed by atoms with Crippen molar-refractivity contribution in [3.05, 3.63) is 0 Å². The van der Waals surface area contributed by atoms with Crippen LogP contribution in [0.5, 0.6) is 0 Å². The molecule has 1 heterocycles. The molecule has 2 rings (SSSR count). The summed E-state index contributed by atoms with van der Waals surface area (Å²) in [5, 5.41) is 15.3. The summed E-state index contributed by atoms with van der Waals surface area (Å²) < 4.78 is 0. The smallest absolute Gasteiger partial charge is 0.221 e. The van der Waals surface area contributed by atoms with Crippen LogP contribution in [-0.4, -0.2) is 34.0 Å². The number of thioether (sulfide) groups is 1. The summed E-state index contributed by atoms with van der Waals surface area (Å²) in [6, 6.07) is 0. The quantitative estimate of drug-likeness (QED) is 0.322. The van der Waals surface area contributed by atoms with Crippen molar-refractivity contribution in [3.63, 3.8) is 0 Å². The number of amidine groups is 1. The van der Waals surface area contributed by atoms with Crippen LogP contribution in [0, 0.1) is 11.8 Å². The minimum Gasteiger partial charge on any atom is -0.409 e. The molecule has 2 aliphatic rings. The molecule has 0 spiro atoms. The standard InChI is InChI=1S/C15H27N3O2S/c1-11-2-6-15(7-3-11,14(16)18-20)17-13(19)10-12-4-8-21-9-5-12/h11-12,20H,2-10H2,1H3,(H2,16,18)(H,17,19). The topological polar surface area (TPSA) is 87.7 Å². The predicted molar refractivity (Wildman–Crippen MR) is 86.6 cm³/mol. The maximum absolute atomic E-state index is 12.4. The number of nitrogens with one attached hydrogen (secondary N) is 1. The van der Waals surface area contributed by atoms with Crippen molar-refractivity contribution >= 4 is 23.5 Å². The van der Waals surface area contributed by atoms with Gasteiger partial charge in [-0.2, -0.15) is 11.8 Å². The average Bonchev–Trinajstić information content (AvgIpc) is 2.50. The first-order valence-electron chi connectivity index (χ1n) is 7.92. The Morgan fingerprint density at radius 2 is 1.95 bits per heavy atom. The second kappa shape index (κ2) is 7.38. The number of nitrogens with zero attached hydrogens (tertiary/aromatic N) is 1. The molecule has 6 heteroatoms. The lowest BCUT2D eigenvalue weighted by Crippen LogP contribution is -2.59. The summed E-state index contributed by atoms with van der Waals surface area (Å²) in [5.74, 6) is 3.63. The summed E-state index contributed by atoms with van der Waals surface area (Å²) in [7, 11) is 0. The fourth-order valence-electron chi connectivity index (χ4n) is 3.33. The Hall–Kier alpha value is -0.910. The van der Waals surface area contributed by atoms with Gasteiger partial charge in [-0.25, -0.2) is 0 Å². The number of amides is 1. The Kier molecular flexibility index (Phi) is 5.79. The summed E-state index contributed by atoms with van der Waals surface area (Å²) in [5.41, 5.74) is 5.25. The number of carbonyl (C=O) groups excluding carboxylic acids is 1. The van der Waals surface area contributed by atoms with Crippen LogP contribution in [0.2, 0.25) is 0 Å². The van der Waals surface area contributed by atoms with Gasteiger partial charge in [0.1, 0.15) is 5.54 Å². The molecule has 2 fully saturated rings. The molecule has 1 amide bonds. The molecule has 1 saturated heterocycles. The van der Waals surface area contributed by atoms with E-state index in [0.29, 0.717) is 18.3 Å². The van der Waals surface area contributed by atoms with E-state index in [1.54, 1.807) is 0 Å². The minimum absolute atomic E-state index is 0.0491. The van der Waals surface area contributed by atoms with E-state index in [0.717, 1.165) is 50.0 Å². The van der Waals surface area contributed by atoms with Gasteiger partial charge in [-0.1, -0.05) is 12.1 Å². The Morgan fingerprint density at radius 3 is 2.52 bits per heavy atom. The molecule has 1 aliphatic carbocycles. The number of carbonyl (C=O) groups is 1. The fourth-order valence-corrected chi connectivity index (χ4v) is 4.53. The second-order valence-electron chi connectivity index (χ2n) is 6.56. The molecule has 21 heavy (non-hydrogen) atoms. The summed E-state index contributed by atoms with van der Waals surface area (Å²) in [6.07, 6.45) is 6.31. The van der Waals surface area contributed by atoms with Gasteiger partial charge in [-0.15, -0.1) is 0 Å². The van der Waals surface area contributed by atoms with Crippen LogP contribution in [0.3, 0.4) is 0 Å². The maximum Gasteiger partial charge on any atom is 0.221 e. The van der Waals surface area contributed by atoms with Crippen LogP contribution < -0.4 is 11.1 Å². The van der Waals surface area contributed by atoms with E-state index in [-0.39, 0.29) is 11.7 Å². The largest absolute Gasteiger partial charge is 0.409 e. The summed E-state index contributed by atoms with van der Waals surface area (Å²) in [6.45, 7) is 2.21. The molecule has 0 radical (unpaired) electrons. The predicted octanol–water partition coefficient (Wildman–Crippen LogP) is 2.33. The highest BCUT2D eigenvalue weighted by atomic mass is 32.2. The Labute approximate surface area is 131 Å². The number of rotatable bonds is 4. The second-order valence-corrected chi connectivity index (χ2v) is 7.78. The summed E-state index contributed by atoms with van der Waals surface area (Å²) >= 11 is 1.97. The molecular formula is C15H27N3O2S. The van der Waals surface area contributed by atoms with E-state index in [2.05, 4.69) is 17.4 Å². The molecule has 120 valence electrons. The third-order valence-electron chi connectivity index (χ3n) is 4.92. The van der Waals surface area contributed by atoms with E-state index < -0.39 is 5.54 Å². The van der Waals surface area contributed by atoms with E-state index in [9.17, 15) is 4.79 Å². The first-order chi connectivity index (χ1) is 10.1. The van der Waals surface area contributed by atoms with E-state index in [4.69, 9.17) is 10.9 Å². The molecule has 1 saturated carbocycles. The van der Waals surface area contributed by atoms with Crippen molar-refractivity contribution in [2.75, 3.05) is 11.5 Å². The number of hydrogen-bond acceptors (Lipinski definition) is 4. The van der Waals surface area contributed by atoms with Gasteiger partial charge in [0.15, 0.2) is 5.84 Å². The van der Waals surface area contributed by atoms with Crippen molar-refractivity contribution in [1.29, 1.82) is 0 Å². The summed E-state index contributed by atoms with van der Waals surface area (Å²) in [4.78, 5) is 12.4. The monoisotopic (exact) mass is 313 g/mol. The fraction of sp³-hybridized carbons (Fsp3) is 0.867. The van der Waals surface area contributed by atoms with Crippen LogP contribution in [0.15, 0.2) is 5.16 Å². The lowest BCUT2D eigenvalue weighted by Gasteiger charge is -2.39. The number of nitrogens with two attached hydrogens (primary N) is 1. The van der Waals surface area contributed by atoms with Gasteiger partial charge in [-0.3, -0.25) is 4.79 Å². The molecule has 4 N–H and O–H groups in total. The molecule has 0 aromatic heterocycles. The molecule has 0 unspecified atom stereocenters. The van der Waals surface area contributed by atoms with Gasteiger partial charge < -0.3 is 16.3 Å². The van der Waals surface area contributed by atoms with Crippen LogP contribution in [0.1, 0.15) is 51.9 Å². The first-order valence-corrected chi connectivity index (χ1v) is 9.08. The molecular weight excluding hydrogens is 286 g/mol. The third-order valence-corrected chi connectivity index (χ3v) is 5.97. The molecule has 0 aromatic carbocycles. The normalized spacial score (nSPS) is 31.9. The SMILES string of the molecule is CC1CCC(NC(=O)CC2CCSCC2)(C(N)=NO)CC1. The highest BCUT2D eigenvalue weighted by Gasteiger charge is 2.40. The van der Waals surface area contributed by atoms with Gasteiger partial charge in [0, 0.05) is 6.42 Å². The molecule has 1 aliphatic heterocycles. The van der Waals surface area contributed by atoms with Gasteiger partial charge in [0.2, 0.25) is 5.91 Å². The van der Waals surface area contributed by atoms with Crippen molar-refractivity contribution in [3.8, 4) is 0 Å². The van der Waals surface area contributed by atoms with Crippen molar-refractivity contribution in [2.45, 2.75) is 57.4 Å². The highest BCUT2D eigenvalue weighted by molar-refractivity contribution is 7.99. The Balaban J connectivity index is 1.96. The van der Waals surface area contributed by atoms with Crippen LogP contribution in [-0.2, 0) is 4.79 Å². The lowest BCUT2D eigenvalue weighted by atomic mass is 9.76. The zero-order valence-corrected chi connectivity index (χ0v) is 13.6. The number of oxime groups is 1. The van der Waals surface area contributed by atoms with Crippen LogP contribution >= 0.6 is 11.8 Å². The minimum atomic E-state index is -0.637. The third kappa shape index (κ3) is 4.28. The first kappa shape index (κ1) is 16.5. The van der Waals surface area contributed by atoms with Gasteiger partial charge in [0.05, 0.1) is 0 Å². The molecule has 0 aromatic rings. The molecule has 0 bridgehead atoms. The Morgan fingerprint density at radius 1 is 1.33 bits per heavy atom. The van der Waals surface area contributed by atoms with Crippen LogP contribution in [0.25, 0.3) is 0 Å². The van der Waals surface area contributed by atoms with Crippen LogP contribution in [0.4, 0.5) is 0 Å². The maximum atomic E-state index is 12.4. The van der Waals surface area contributed by atoms with Gasteiger partial charge >= 0.3 is 0 Å². The number of hydrogen-bond donors (Lipinski definition) is 3.